The Balaban J connectivity index is 1.81. The highest BCUT2D eigenvalue weighted by Gasteiger charge is 2.36. The van der Waals surface area contributed by atoms with Gasteiger partial charge in [-0.3, -0.25) is 14.2 Å². The molecule has 4 rings (SSSR count). The van der Waals surface area contributed by atoms with Gasteiger partial charge in [0.05, 0.1) is 16.8 Å². The van der Waals surface area contributed by atoms with Crippen molar-refractivity contribution >= 4 is 29.1 Å². The van der Waals surface area contributed by atoms with E-state index in [9.17, 15) is 9.59 Å². The van der Waals surface area contributed by atoms with E-state index in [1.807, 2.05) is 75.3 Å². The predicted molar refractivity (Wildman–Crippen MR) is 140 cm³/mol. The molecule has 0 aliphatic heterocycles. The maximum Gasteiger partial charge on any atom is 0.302 e. The Morgan fingerprint density at radius 3 is 2.60 bits per heavy atom. The van der Waals surface area contributed by atoms with E-state index < -0.39 is 0 Å². The van der Waals surface area contributed by atoms with Crippen LogP contribution in [-0.2, 0) is 28.9 Å². The number of benzene rings is 2. The van der Waals surface area contributed by atoms with Crippen molar-refractivity contribution in [2.45, 2.75) is 52.3 Å². The van der Waals surface area contributed by atoms with E-state index >= 15 is 0 Å². The summed E-state index contributed by atoms with van der Waals surface area (Å²) in [5, 5.41) is 4.01. The lowest BCUT2D eigenvalue weighted by Gasteiger charge is -2.26. The number of nitrogens with zero attached hydrogens (tertiary/aromatic N) is 3. The molecule has 1 aliphatic rings. The molecule has 1 N–H and O–H groups in total. The largest absolute Gasteiger partial charge is 0.460 e. The van der Waals surface area contributed by atoms with Crippen LogP contribution in [0.2, 0.25) is 5.02 Å². The van der Waals surface area contributed by atoms with Gasteiger partial charge in [0.15, 0.2) is 0 Å². The fourth-order valence-electron chi connectivity index (χ4n) is 4.68. The molecule has 2 aromatic carbocycles. The van der Waals surface area contributed by atoms with Crippen molar-refractivity contribution in [3.63, 3.8) is 0 Å². The predicted octanol–water partition coefficient (Wildman–Crippen LogP) is 4.85. The van der Waals surface area contributed by atoms with E-state index in [0.29, 0.717) is 41.5 Å². The van der Waals surface area contributed by atoms with Gasteiger partial charge in [0.2, 0.25) is 0 Å². The molecule has 2 unspecified atom stereocenters. The van der Waals surface area contributed by atoms with Crippen molar-refractivity contribution in [3.05, 3.63) is 74.7 Å². The molecular weight excluding hydrogens is 464 g/mol. The third-order valence-electron chi connectivity index (χ3n) is 6.41. The molecule has 1 aliphatic carbocycles. The molecule has 0 spiro atoms. The van der Waals surface area contributed by atoms with Crippen molar-refractivity contribution in [1.29, 1.82) is 0 Å². The molecule has 35 heavy (non-hydrogen) atoms. The standard InChI is InChI=1S/C27H31ClN4O3/c1-6-22-26(30-24-19-11-9-8-10-17(19)14-23(24)35-16(3)33)32(7-2)27(34)25(29-22)20-13-12-18(31(4)5)15-21(20)28/h8-13,15,23-24,30H,6-7,14H2,1-5H3. The molecule has 0 bridgehead atoms. The van der Waals surface area contributed by atoms with Gasteiger partial charge in [0.1, 0.15) is 17.6 Å². The number of carbonyl (C=O) groups is 1. The number of aryl methyl sites for hydroxylation is 1. The molecule has 2 atom stereocenters. The lowest BCUT2D eigenvalue weighted by molar-refractivity contribution is -0.146. The second-order valence-corrected chi connectivity index (χ2v) is 9.30. The minimum absolute atomic E-state index is 0.220. The van der Waals surface area contributed by atoms with Crippen LogP contribution in [0.4, 0.5) is 11.5 Å². The van der Waals surface area contributed by atoms with Gasteiger partial charge in [0.25, 0.3) is 5.56 Å². The van der Waals surface area contributed by atoms with Crippen molar-refractivity contribution in [1.82, 2.24) is 9.55 Å². The van der Waals surface area contributed by atoms with Crippen LogP contribution in [0, 0.1) is 0 Å². The summed E-state index contributed by atoms with van der Waals surface area (Å²) >= 11 is 6.59. The molecule has 0 saturated carbocycles. The van der Waals surface area contributed by atoms with E-state index in [1.54, 1.807) is 4.57 Å². The summed E-state index contributed by atoms with van der Waals surface area (Å²) in [7, 11) is 3.88. The van der Waals surface area contributed by atoms with Gasteiger partial charge in [-0.2, -0.15) is 0 Å². The van der Waals surface area contributed by atoms with E-state index in [-0.39, 0.29) is 23.7 Å². The zero-order chi connectivity index (χ0) is 25.3. The Bertz CT molecular complexity index is 1320. The summed E-state index contributed by atoms with van der Waals surface area (Å²) < 4.78 is 7.36. The zero-order valence-corrected chi connectivity index (χ0v) is 21.5. The van der Waals surface area contributed by atoms with Crippen LogP contribution in [-0.4, -0.2) is 35.7 Å². The van der Waals surface area contributed by atoms with Crippen LogP contribution < -0.4 is 15.8 Å². The number of rotatable bonds is 7. The van der Waals surface area contributed by atoms with Crippen molar-refractivity contribution in [2.24, 2.45) is 0 Å². The van der Waals surface area contributed by atoms with Crippen LogP contribution in [0.15, 0.2) is 47.3 Å². The van der Waals surface area contributed by atoms with Crippen LogP contribution in [0.5, 0.6) is 0 Å². The summed E-state index contributed by atoms with van der Waals surface area (Å²) in [6.07, 6.45) is 0.850. The third kappa shape index (κ3) is 4.78. The van der Waals surface area contributed by atoms with E-state index in [2.05, 4.69) is 5.32 Å². The number of hydrogen-bond donors (Lipinski definition) is 1. The number of fused-ring (bicyclic) bond motifs is 1. The first-order valence-corrected chi connectivity index (χ1v) is 12.2. The number of aromatic nitrogens is 2. The van der Waals surface area contributed by atoms with Crippen molar-refractivity contribution < 1.29 is 9.53 Å². The smallest absolute Gasteiger partial charge is 0.302 e. The van der Waals surface area contributed by atoms with Gasteiger partial charge >= 0.3 is 5.97 Å². The molecule has 3 aromatic rings. The maximum atomic E-state index is 13.6. The highest BCUT2D eigenvalue weighted by atomic mass is 35.5. The van der Waals surface area contributed by atoms with Crippen LogP contribution >= 0.6 is 11.6 Å². The molecule has 8 heteroatoms. The van der Waals surface area contributed by atoms with Gasteiger partial charge in [-0.1, -0.05) is 42.8 Å². The van der Waals surface area contributed by atoms with Crippen LogP contribution in [0.3, 0.4) is 0 Å². The normalized spacial score (nSPS) is 16.6. The molecule has 0 radical (unpaired) electrons. The summed E-state index contributed by atoms with van der Waals surface area (Å²) in [6, 6.07) is 13.4. The topological polar surface area (TPSA) is 76.5 Å². The summed E-state index contributed by atoms with van der Waals surface area (Å²) in [5.41, 5.74) is 4.59. The zero-order valence-electron chi connectivity index (χ0n) is 20.8. The monoisotopic (exact) mass is 494 g/mol. The lowest BCUT2D eigenvalue weighted by atomic mass is 10.1. The number of carbonyl (C=O) groups excluding carboxylic acids is 1. The first-order chi connectivity index (χ1) is 16.7. The second kappa shape index (κ2) is 10.1. The summed E-state index contributed by atoms with van der Waals surface area (Å²) in [5.74, 6) is 0.311. The van der Waals surface area contributed by atoms with Crippen LogP contribution in [0.25, 0.3) is 11.3 Å². The number of nitrogens with one attached hydrogen (secondary N) is 1. The molecule has 1 aromatic heterocycles. The number of anilines is 2. The highest BCUT2D eigenvalue weighted by molar-refractivity contribution is 6.33. The Morgan fingerprint density at radius 1 is 1.23 bits per heavy atom. The Kier molecular flexibility index (Phi) is 7.17. The minimum atomic E-state index is -0.372. The number of hydrogen-bond acceptors (Lipinski definition) is 6. The second-order valence-electron chi connectivity index (χ2n) is 8.89. The fourth-order valence-corrected chi connectivity index (χ4v) is 4.94. The van der Waals surface area contributed by atoms with E-state index in [4.69, 9.17) is 21.3 Å². The van der Waals surface area contributed by atoms with Gasteiger partial charge in [-0.25, -0.2) is 4.98 Å². The molecule has 0 saturated heterocycles. The maximum absolute atomic E-state index is 13.6. The Labute approximate surface area is 210 Å². The SMILES string of the molecule is CCc1nc(-c2ccc(N(C)C)cc2Cl)c(=O)n(CC)c1NC1c2ccccc2CC1OC(C)=O. The quantitative estimate of drug-likeness (QED) is 0.473. The summed E-state index contributed by atoms with van der Waals surface area (Å²) in [4.78, 5) is 32.2. The number of ether oxygens (including phenoxy) is 1. The molecule has 184 valence electrons. The Hall–Kier alpha value is -3.32. The minimum Gasteiger partial charge on any atom is -0.460 e. The molecular formula is C27H31ClN4O3. The van der Waals surface area contributed by atoms with E-state index in [1.165, 1.54) is 6.92 Å². The number of halogens is 1. The fraction of sp³-hybridized carbons (Fsp3) is 0.370. The first-order valence-electron chi connectivity index (χ1n) is 11.9. The van der Waals surface area contributed by atoms with Gasteiger partial charge < -0.3 is 15.0 Å². The first kappa shape index (κ1) is 24.8. The molecule has 0 amide bonds. The Morgan fingerprint density at radius 2 is 1.97 bits per heavy atom. The van der Waals surface area contributed by atoms with Crippen LogP contribution in [0.1, 0.15) is 43.6 Å². The summed E-state index contributed by atoms with van der Waals surface area (Å²) in [6.45, 7) is 5.80. The molecule has 1 heterocycles. The third-order valence-corrected chi connectivity index (χ3v) is 6.72. The average Bonchev–Trinajstić information content (AvgIpc) is 3.16. The average molecular weight is 495 g/mol. The number of esters is 1. The molecule has 7 nitrogen and oxygen atoms in total. The van der Waals surface area contributed by atoms with Gasteiger partial charge in [0, 0.05) is 45.2 Å². The van der Waals surface area contributed by atoms with Crippen molar-refractivity contribution in [2.75, 3.05) is 24.3 Å². The lowest BCUT2D eigenvalue weighted by Crippen LogP contribution is -2.32. The van der Waals surface area contributed by atoms with Gasteiger partial charge in [-0.05, 0) is 42.7 Å². The van der Waals surface area contributed by atoms with E-state index in [0.717, 1.165) is 22.5 Å². The van der Waals surface area contributed by atoms with Crippen molar-refractivity contribution in [3.8, 4) is 11.3 Å². The highest BCUT2D eigenvalue weighted by Crippen LogP contribution is 2.37. The molecule has 0 fully saturated rings. The van der Waals surface area contributed by atoms with Gasteiger partial charge in [-0.15, -0.1) is 0 Å².